The SMILES string of the molecule is CN1CC(NC2CCCCC2)CC(c2ccc(F)cc2)C1. The lowest BCUT2D eigenvalue weighted by atomic mass is 9.87. The molecule has 3 heteroatoms. The summed E-state index contributed by atoms with van der Waals surface area (Å²) >= 11 is 0. The molecule has 2 unspecified atom stereocenters. The maximum Gasteiger partial charge on any atom is 0.123 e. The highest BCUT2D eigenvalue weighted by Gasteiger charge is 2.28. The van der Waals surface area contributed by atoms with Crippen molar-refractivity contribution >= 4 is 0 Å². The summed E-state index contributed by atoms with van der Waals surface area (Å²) in [5.74, 6) is 0.380. The van der Waals surface area contributed by atoms with Gasteiger partial charge in [-0.3, -0.25) is 0 Å². The van der Waals surface area contributed by atoms with Gasteiger partial charge >= 0.3 is 0 Å². The van der Waals surface area contributed by atoms with Crippen LogP contribution in [0.5, 0.6) is 0 Å². The maximum atomic E-state index is 13.1. The van der Waals surface area contributed by atoms with Crippen molar-refractivity contribution in [3.05, 3.63) is 35.6 Å². The van der Waals surface area contributed by atoms with E-state index in [1.165, 1.54) is 44.1 Å². The summed E-state index contributed by atoms with van der Waals surface area (Å²) in [7, 11) is 2.20. The molecule has 1 aliphatic heterocycles. The fraction of sp³-hybridized carbons (Fsp3) is 0.667. The van der Waals surface area contributed by atoms with Crippen LogP contribution in [-0.2, 0) is 0 Å². The number of nitrogens with one attached hydrogen (secondary N) is 1. The Bertz CT molecular complexity index is 439. The van der Waals surface area contributed by atoms with Crippen molar-refractivity contribution < 1.29 is 4.39 Å². The first-order chi connectivity index (χ1) is 10.2. The highest BCUT2D eigenvalue weighted by Crippen LogP contribution is 2.28. The Balaban J connectivity index is 1.62. The molecule has 1 aromatic rings. The average molecular weight is 290 g/mol. The Labute approximate surface area is 127 Å². The fourth-order valence-electron chi connectivity index (χ4n) is 4.02. The van der Waals surface area contributed by atoms with Crippen LogP contribution in [0.1, 0.15) is 50.0 Å². The second-order valence-corrected chi connectivity index (χ2v) is 6.90. The Kier molecular flexibility index (Phi) is 4.91. The van der Waals surface area contributed by atoms with Crippen LogP contribution in [0.4, 0.5) is 4.39 Å². The molecule has 1 saturated heterocycles. The molecule has 0 radical (unpaired) electrons. The van der Waals surface area contributed by atoms with Crippen LogP contribution in [0.15, 0.2) is 24.3 Å². The number of hydrogen-bond acceptors (Lipinski definition) is 2. The van der Waals surface area contributed by atoms with Crippen molar-refractivity contribution in [3.63, 3.8) is 0 Å². The third kappa shape index (κ3) is 4.04. The van der Waals surface area contributed by atoms with Crippen molar-refractivity contribution in [3.8, 4) is 0 Å². The van der Waals surface area contributed by atoms with Crippen LogP contribution in [0.3, 0.4) is 0 Å². The van der Waals surface area contributed by atoms with Gasteiger partial charge in [0.15, 0.2) is 0 Å². The molecule has 1 heterocycles. The lowest BCUT2D eigenvalue weighted by Gasteiger charge is -2.39. The lowest BCUT2D eigenvalue weighted by Crippen LogP contribution is -2.50. The summed E-state index contributed by atoms with van der Waals surface area (Å²) in [4.78, 5) is 2.41. The van der Waals surface area contributed by atoms with Crippen LogP contribution in [0.2, 0.25) is 0 Å². The maximum absolute atomic E-state index is 13.1. The minimum atomic E-state index is -0.139. The topological polar surface area (TPSA) is 15.3 Å². The Morgan fingerprint density at radius 1 is 1.00 bits per heavy atom. The summed E-state index contributed by atoms with van der Waals surface area (Å²) in [6, 6.07) is 8.38. The number of halogens is 1. The fourth-order valence-corrected chi connectivity index (χ4v) is 4.02. The summed E-state index contributed by atoms with van der Waals surface area (Å²) in [5.41, 5.74) is 1.28. The van der Waals surface area contributed by atoms with Crippen LogP contribution in [0.25, 0.3) is 0 Å². The minimum absolute atomic E-state index is 0.139. The number of nitrogens with zero attached hydrogens (tertiary/aromatic N) is 1. The first kappa shape index (κ1) is 15.0. The highest BCUT2D eigenvalue weighted by atomic mass is 19.1. The van der Waals surface area contributed by atoms with E-state index in [1.807, 2.05) is 12.1 Å². The van der Waals surface area contributed by atoms with Crippen LogP contribution < -0.4 is 5.32 Å². The van der Waals surface area contributed by atoms with Crippen molar-refractivity contribution in [2.75, 3.05) is 20.1 Å². The molecule has 3 rings (SSSR count). The van der Waals surface area contributed by atoms with E-state index >= 15 is 0 Å². The standard InChI is InChI=1S/C18H27FN2/c1-21-12-15(14-7-9-16(19)10-8-14)11-18(13-21)20-17-5-3-2-4-6-17/h7-10,15,17-18,20H,2-6,11-13H2,1H3. The van der Waals surface area contributed by atoms with Gasteiger partial charge in [-0.2, -0.15) is 0 Å². The third-order valence-corrected chi connectivity index (χ3v) is 5.05. The monoisotopic (exact) mass is 290 g/mol. The van der Waals surface area contributed by atoms with E-state index in [9.17, 15) is 4.39 Å². The van der Waals surface area contributed by atoms with Crippen LogP contribution >= 0.6 is 0 Å². The number of likely N-dealkylation sites (N-methyl/N-ethyl adjacent to an activating group) is 1. The number of likely N-dealkylation sites (tertiary alicyclic amines) is 1. The van der Waals surface area contributed by atoms with Gasteiger partial charge in [-0.15, -0.1) is 0 Å². The second-order valence-electron chi connectivity index (χ2n) is 6.90. The molecular weight excluding hydrogens is 263 g/mol. The molecule has 2 atom stereocenters. The Morgan fingerprint density at radius 3 is 2.43 bits per heavy atom. The van der Waals surface area contributed by atoms with Gasteiger partial charge in [0.05, 0.1) is 0 Å². The Hall–Kier alpha value is -0.930. The normalized spacial score (nSPS) is 28.7. The van der Waals surface area contributed by atoms with Gasteiger partial charge in [0, 0.05) is 25.2 Å². The molecule has 1 aromatic carbocycles. The third-order valence-electron chi connectivity index (χ3n) is 5.05. The molecule has 0 aromatic heterocycles. The summed E-state index contributed by atoms with van der Waals surface area (Å²) in [5, 5.41) is 3.88. The largest absolute Gasteiger partial charge is 0.310 e. The van der Waals surface area contributed by atoms with E-state index in [0.717, 1.165) is 13.1 Å². The van der Waals surface area contributed by atoms with Crippen molar-refractivity contribution in [2.24, 2.45) is 0 Å². The van der Waals surface area contributed by atoms with Crippen LogP contribution in [-0.4, -0.2) is 37.1 Å². The molecule has 2 fully saturated rings. The minimum Gasteiger partial charge on any atom is -0.310 e. The number of piperidine rings is 1. The second kappa shape index (κ2) is 6.89. The summed E-state index contributed by atoms with van der Waals surface area (Å²) in [6.07, 6.45) is 8.00. The quantitative estimate of drug-likeness (QED) is 0.916. The van der Waals surface area contributed by atoms with E-state index < -0.39 is 0 Å². The lowest BCUT2D eigenvalue weighted by molar-refractivity contribution is 0.186. The zero-order chi connectivity index (χ0) is 14.7. The van der Waals surface area contributed by atoms with E-state index in [4.69, 9.17) is 0 Å². The molecular formula is C18H27FN2. The first-order valence-electron chi connectivity index (χ1n) is 8.41. The molecule has 1 aliphatic carbocycles. The molecule has 116 valence electrons. The summed E-state index contributed by atoms with van der Waals surface area (Å²) < 4.78 is 13.1. The number of rotatable bonds is 3. The van der Waals surface area contributed by atoms with Crippen molar-refractivity contribution in [1.82, 2.24) is 10.2 Å². The molecule has 2 aliphatic rings. The van der Waals surface area contributed by atoms with E-state index in [1.54, 1.807) is 12.1 Å². The predicted molar refractivity (Wildman–Crippen MR) is 85.1 cm³/mol. The molecule has 0 spiro atoms. The molecule has 2 nitrogen and oxygen atoms in total. The highest BCUT2D eigenvalue weighted by molar-refractivity contribution is 5.22. The zero-order valence-corrected chi connectivity index (χ0v) is 13.0. The smallest absolute Gasteiger partial charge is 0.123 e. The molecule has 0 amide bonds. The molecule has 21 heavy (non-hydrogen) atoms. The van der Waals surface area contributed by atoms with Gasteiger partial charge in [0.1, 0.15) is 5.82 Å². The van der Waals surface area contributed by atoms with Gasteiger partial charge < -0.3 is 10.2 Å². The number of benzene rings is 1. The van der Waals surface area contributed by atoms with Crippen molar-refractivity contribution in [2.45, 2.75) is 56.5 Å². The average Bonchev–Trinajstić information content (AvgIpc) is 2.48. The van der Waals surface area contributed by atoms with E-state index in [0.29, 0.717) is 18.0 Å². The number of hydrogen-bond donors (Lipinski definition) is 1. The van der Waals surface area contributed by atoms with Crippen molar-refractivity contribution in [1.29, 1.82) is 0 Å². The first-order valence-corrected chi connectivity index (χ1v) is 8.41. The predicted octanol–water partition coefficient (Wildman–Crippen LogP) is 3.54. The van der Waals surface area contributed by atoms with Crippen LogP contribution in [0, 0.1) is 5.82 Å². The zero-order valence-electron chi connectivity index (χ0n) is 13.0. The molecule has 0 bridgehead atoms. The van der Waals surface area contributed by atoms with E-state index in [2.05, 4.69) is 17.3 Å². The van der Waals surface area contributed by atoms with E-state index in [-0.39, 0.29) is 5.82 Å². The van der Waals surface area contributed by atoms with Gasteiger partial charge in [-0.1, -0.05) is 31.4 Å². The van der Waals surface area contributed by atoms with Gasteiger partial charge in [0.2, 0.25) is 0 Å². The summed E-state index contributed by atoms with van der Waals surface area (Å²) in [6.45, 7) is 2.21. The molecule has 1 saturated carbocycles. The van der Waals surface area contributed by atoms with Gasteiger partial charge in [-0.05, 0) is 49.9 Å². The molecule has 1 N–H and O–H groups in total. The van der Waals surface area contributed by atoms with Gasteiger partial charge in [-0.25, -0.2) is 4.39 Å². The van der Waals surface area contributed by atoms with Gasteiger partial charge in [0.25, 0.3) is 0 Å². The Morgan fingerprint density at radius 2 is 1.71 bits per heavy atom.